The van der Waals surface area contributed by atoms with Crippen LogP contribution in [-0.2, 0) is 6.42 Å². The number of amides is 1. The van der Waals surface area contributed by atoms with Crippen molar-refractivity contribution in [3.63, 3.8) is 0 Å². The zero-order chi connectivity index (χ0) is 16.2. The Hall–Kier alpha value is -1.98. The summed E-state index contributed by atoms with van der Waals surface area (Å²) in [5, 5.41) is 13.0. The van der Waals surface area contributed by atoms with Gasteiger partial charge in [0.25, 0.3) is 5.91 Å². The Morgan fingerprint density at radius 2 is 2.22 bits per heavy atom. The Kier molecular flexibility index (Phi) is 4.88. The summed E-state index contributed by atoms with van der Waals surface area (Å²) in [6, 6.07) is 7.26. The summed E-state index contributed by atoms with van der Waals surface area (Å²) < 4.78 is 0. The number of aliphatic hydroxyl groups is 1. The van der Waals surface area contributed by atoms with Gasteiger partial charge in [-0.15, -0.1) is 0 Å². The van der Waals surface area contributed by atoms with Crippen molar-refractivity contribution in [2.75, 3.05) is 0 Å². The van der Waals surface area contributed by atoms with Crippen molar-refractivity contribution >= 4 is 17.5 Å². The van der Waals surface area contributed by atoms with Crippen LogP contribution in [0.3, 0.4) is 0 Å². The number of carbonyl (C=O) groups excluding carboxylic acids is 1. The van der Waals surface area contributed by atoms with Gasteiger partial charge in [0.1, 0.15) is 0 Å². The average Bonchev–Trinajstić information content (AvgIpc) is 2.52. The first-order valence-electron chi connectivity index (χ1n) is 7.61. The number of rotatable bonds is 5. The van der Waals surface area contributed by atoms with Crippen LogP contribution in [0.2, 0.25) is 5.02 Å². The smallest absolute Gasteiger partial charge is 0.253 e. The second-order valence-electron chi connectivity index (χ2n) is 5.88. The Balaban J connectivity index is 1.72. The van der Waals surface area contributed by atoms with Crippen molar-refractivity contribution in [1.29, 1.82) is 0 Å². The SMILES string of the molecule is O=C(N[C@@H](Cc1ccccn1)C1CC(O)C1)c1cncc(Cl)c1. The summed E-state index contributed by atoms with van der Waals surface area (Å²) in [6.07, 6.45) is 6.50. The molecule has 2 N–H and O–H groups in total. The first-order valence-corrected chi connectivity index (χ1v) is 7.99. The predicted molar refractivity (Wildman–Crippen MR) is 87.2 cm³/mol. The Bertz CT molecular complexity index is 675. The molecule has 1 atom stereocenters. The van der Waals surface area contributed by atoms with E-state index in [4.69, 9.17) is 11.6 Å². The molecule has 2 heterocycles. The van der Waals surface area contributed by atoms with Crippen LogP contribution < -0.4 is 5.32 Å². The van der Waals surface area contributed by atoms with E-state index in [1.165, 1.54) is 12.4 Å². The van der Waals surface area contributed by atoms with Gasteiger partial charge in [-0.1, -0.05) is 17.7 Å². The summed E-state index contributed by atoms with van der Waals surface area (Å²) in [7, 11) is 0. The quantitative estimate of drug-likeness (QED) is 0.881. The lowest BCUT2D eigenvalue weighted by atomic mass is 9.76. The molecular weight excluding hydrogens is 314 g/mol. The minimum Gasteiger partial charge on any atom is -0.393 e. The summed E-state index contributed by atoms with van der Waals surface area (Å²) in [4.78, 5) is 20.7. The van der Waals surface area contributed by atoms with Gasteiger partial charge < -0.3 is 10.4 Å². The third-order valence-electron chi connectivity index (χ3n) is 4.16. The van der Waals surface area contributed by atoms with Crippen LogP contribution in [0.5, 0.6) is 0 Å². The first-order chi connectivity index (χ1) is 11.1. The van der Waals surface area contributed by atoms with Gasteiger partial charge in [0.15, 0.2) is 0 Å². The van der Waals surface area contributed by atoms with E-state index in [0.717, 1.165) is 5.69 Å². The van der Waals surface area contributed by atoms with Crippen molar-refractivity contribution in [3.8, 4) is 0 Å². The highest BCUT2D eigenvalue weighted by Crippen LogP contribution is 2.31. The third kappa shape index (κ3) is 4.06. The van der Waals surface area contributed by atoms with Gasteiger partial charge in [-0.25, -0.2) is 0 Å². The molecule has 1 fully saturated rings. The molecule has 0 radical (unpaired) electrons. The van der Waals surface area contributed by atoms with Gasteiger partial charge in [0.05, 0.1) is 16.7 Å². The third-order valence-corrected chi connectivity index (χ3v) is 4.36. The van der Waals surface area contributed by atoms with Crippen LogP contribution in [0.15, 0.2) is 42.9 Å². The molecule has 0 unspecified atom stereocenters. The molecule has 6 heteroatoms. The number of carbonyl (C=O) groups is 1. The first kappa shape index (κ1) is 15.9. The Labute approximate surface area is 139 Å². The van der Waals surface area contributed by atoms with Crippen molar-refractivity contribution < 1.29 is 9.90 Å². The average molecular weight is 332 g/mol. The minimum absolute atomic E-state index is 0.0696. The number of nitrogens with zero attached hydrogens (tertiary/aromatic N) is 2. The zero-order valence-electron chi connectivity index (χ0n) is 12.5. The normalized spacial score (nSPS) is 21.3. The monoisotopic (exact) mass is 331 g/mol. The molecule has 1 aliphatic rings. The topological polar surface area (TPSA) is 75.1 Å². The van der Waals surface area contributed by atoms with Gasteiger partial charge in [-0.3, -0.25) is 14.8 Å². The highest BCUT2D eigenvalue weighted by molar-refractivity contribution is 6.30. The van der Waals surface area contributed by atoms with Crippen LogP contribution in [0.25, 0.3) is 0 Å². The van der Waals surface area contributed by atoms with E-state index >= 15 is 0 Å². The van der Waals surface area contributed by atoms with Crippen molar-refractivity contribution in [1.82, 2.24) is 15.3 Å². The summed E-state index contributed by atoms with van der Waals surface area (Å²) in [6.45, 7) is 0. The molecule has 0 bridgehead atoms. The molecule has 1 aliphatic carbocycles. The molecular formula is C17H18ClN3O2. The Morgan fingerprint density at radius 1 is 1.39 bits per heavy atom. The van der Waals surface area contributed by atoms with Gasteiger partial charge in [0, 0.05) is 36.7 Å². The fourth-order valence-corrected chi connectivity index (χ4v) is 3.00. The van der Waals surface area contributed by atoms with E-state index in [9.17, 15) is 9.90 Å². The second kappa shape index (κ2) is 7.06. The van der Waals surface area contributed by atoms with E-state index < -0.39 is 0 Å². The van der Waals surface area contributed by atoms with Gasteiger partial charge in [0.2, 0.25) is 0 Å². The molecule has 23 heavy (non-hydrogen) atoms. The maximum atomic E-state index is 12.4. The molecule has 5 nitrogen and oxygen atoms in total. The molecule has 2 aromatic heterocycles. The second-order valence-corrected chi connectivity index (χ2v) is 6.32. The Morgan fingerprint density at radius 3 is 2.87 bits per heavy atom. The molecule has 120 valence electrons. The van der Waals surface area contributed by atoms with Crippen LogP contribution in [0, 0.1) is 5.92 Å². The van der Waals surface area contributed by atoms with E-state index in [0.29, 0.717) is 29.8 Å². The lowest BCUT2D eigenvalue weighted by molar-refractivity contribution is 0.0238. The molecule has 1 saturated carbocycles. The minimum atomic E-state index is -0.268. The van der Waals surface area contributed by atoms with E-state index in [2.05, 4.69) is 15.3 Å². The molecule has 1 amide bonds. The highest BCUT2D eigenvalue weighted by Gasteiger charge is 2.35. The molecule has 0 aliphatic heterocycles. The van der Waals surface area contributed by atoms with Crippen LogP contribution >= 0.6 is 11.6 Å². The number of hydrogen-bond donors (Lipinski definition) is 2. The van der Waals surface area contributed by atoms with Crippen molar-refractivity contribution in [2.45, 2.75) is 31.4 Å². The zero-order valence-corrected chi connectivity index (χ0v) is 13.3. The van der Waals surface area contributed by atoms with E-state index in [1.807, 2.05) is 18.2 Å². The lowest BCUT2D eigenvalue weighted by Crippen LogP contribution is -2.48. The van der Waals surface area contributed by atoms with E-state index in [1.54, 1.807) is 12.3 Å². The maximum Gasteiger partial charge on any atom is 0.253 e. The van der Waals surface area contributed by atoms with Crippen molar-refractivity contribution in [2.24, 2.45) is 5.92 Å². The largest absolute Gasteiger partial charge is 0.393 e. The molecule has 3 rings (SSSR count). The van der Waals surface area contributed by atoms with Crippen molar-refractivity contribution in [3.05, 3.63) is 59.1 Å². The lowest BCUT2D eigenvalue weighted by Gasteiger charge is -2.38. The molecule has 0 aromatic carbocycles. The standard InChI is InChI=1S/C17H18ClN3O2/c18-13-5-12(9-19-10-13)17(23)21-16(11-6-15(22)7-11)8-14-3-1-2-4-20-14/h1-5,9-11,15-16,22H,6-8H2,(H,21,23)/t11?,15?,16-/m0/s1. The van der Waals surface area contributed by atoms with E-state index in [-0.39, 0.29) is 24.0 Å². The molecule has 0 spiro atoms. The van der Waals surface area contributed by atoms with Crippen LogP contribution in [0.1, 0.15) is 28.9 Å². The fraction of sp³-hybridized carbons (Fsp3) is 0.353. The molecule has 0 saturated heterocycles. The van der Waals surface area contributed by atoms with Gasteiger partial charge >= 0.3 is 0 Å². The predicted octanol–water partition coefficient (Wildman–Crippen LogP) is 2.24. The molecule has 2 aromatic rings. The number of aliphatic hydroxyl groups excluding tert-OH is 1. The van der Waals surface area contributed by atoms with Gasteiger partial charge in [-0.05, 0) is 37.0 Å². The number of hydrogen-bond acceptors (Lipinski definition) is 4. The fourth-order valence-electron chi connectivity index (χ4n) is 2.83. The summed E-state index contributed by atoms with van der Waals surface area (Å²) >= 11 is 5.89. The van der Waals surface area contributed by atoms with Crippen LogP contribution in [-0.4, -0.2) is 33.1 Å². The van der Waals surface area contributed by atoms with Crippen LogP contribution in [0.4, 0.5) is 0 Å². The number of halogens is 1. The number of aromatic nitrogens is 2. The number of pyridine rings is 2. The summed E-state index contributed by atoms with van der Waals surface area (Å²) in [5.41, 5.74) is 1.35. The number of nitrogens with one attached hydrogen (secondary N) is 1. The van der Waals surface area contributed by atoms with Gasteiger partial charge in [-0.2, -0.15) is 0 Å². The maximum absolute atomic E-state index is 12.4. The highest BCUT2D eigenvalue weighted by atomic mass is 35.5. The summed E-state index contributed by atoms with van der Waals surface area (Å²) in [5.74, 6) is 0.0467.